The number of hydrogen-bond acceptors (Lipinski definition) is 2. The Hall–Kier alpha value is -1.87. The van der Waals surface area contributed by atoms with Crippen LogP contribution >= 0.6 is 12.6 Å². The maximum absolute atomic E-state index is 4.53. The highest BCUT2D eigenvalue weighted by Gasteiger charge is 2.29. The summed E-state index contributed by atoms with van der Waals surface area (Å²) in [5.41, 5.74) is 6.01. The van der Waals surface area contributed by atoms with Crippen LogP contribution in [-0.4, -0.2) is 11.5 Å². The lowest BCUT2D eigenvalue weighted by molar-refractivity contribution is 0.411. The first kappa shape index (κ1) is 21.4. The average Bonchev–Trinajstić information content (AvgIpc) is 3.14. The number of anilines is 1. The molecule has 2 N–H and O–H groups in total. The number of nitrogens with one attached hydrogen (secondary N) is 2. The Morgan fingerprint density at radius 1 is 1.19 bits per heavy atom. The molecule has 2 rings (SSSR count). The minimum absolute atomic E-state index is 0.0580. The summed E-state index contributed by atoms with van der Waals surface area (Å²) in [5.74, 6) is 1.80. The number of benzene rings is 1. The second-order valence-electron chi connectivity index (χ2n) is 8.14. The van der Waals surface area contributed by atoms with Crippen molar-refractivity contribution in [2.45, 2.75) is 45.8 Å². The van der Waals surface area contributed by atoms with E-state index in [0.717, 1.165) is 12.3 Å². The van der Waals surface area contributed by atoms with Gasteiger partial charge in [0.1, 0.15) is 0 Å². The molecule has 1 atom stereocenters. The van der Waals surface area contributed by atoms with Gasteiger partial charge in [-0.15, -0.1) is 0 Å². The third kappa shape index (κ3) is 5.10. The molecule has 2 nitrogen and oxygen atoms in total. The molecule has 0 aliphatic rings. The highest BCUT2D eigenvalue weighted by molar-refractivity contribution is 7.79. The van der Waals surface area contributed by atoms with Crippen molar-refractivity contribution in [2.24, 2.45) is 11.8 Å². The zero-order chi connectivity index (χ0) is 20.0. The fourth-order valence-electron chi connectivity index (χ4n) is 3.12. The maximum Gasteiger partial charge on any atom is 0.0381 e. The summed E-state index contributed by atoms with van der Waals surface area (Å²) in [4.78, 5) is 3.51. The highest BCUT2D eigenvalue weighted by Crippen LogP contribution is 2.36. The van der Waals surface area contributed by atoms with E-state index < -0.39 is 0 Å². The Morgan fingerprint density at radius 2 is 1.93 bits per heavy atom. The number of aromatic amines is 1. The summed E-state index contributed by atoms with van der Waals surface area (Å²) >= 11 is 4.53. The van der Waals surface area contributed by atoms with E-state index in [1.165, 1.54) is 28.1 Å². The summed E-state index contributed by atoms with van der Waals surface area (Å²) in [5, 5.41) is 3.53. The smallest absolute Gasteiger partial charge is 0.0381 e. The SMILES string of the molecule is C=C/C=C\C(C)(c1cc(-c2ccc(NCC(C)C)c(CS)c2)c[nH]1)C(C)C. The summed E-state index contributed by atoms with van der Waals surface area (Å²) < 4.78 is 0. The molecule has 0 saturated carbocycles. The number of allylic oxidation sites excluding steroid dienone is 3. The fraction of sp³-hybridized carbons (Fsp3) is 0.417. The zero-order valence-electron chi connectivity index (χ0n) is 17.3. The van der Waals surface area contributed by atoms with Crippen LogP contribution in [0.1, 0.15) is 45.9 Å². The molecule has 1 aromatic heterocycles. The predicted molar refractivity (Wildman–Crippen MR) is 124 cm³/mol. The van der Waals surface area contributed by atoms with E-state index in [1.54, 1.807) is 0 Å². The molecular weight excluding hydrogens is 348 g/mol. The third-order valence-corrected chi connectivity index (χ3v) is 5.69. The molecule has 0 spiro atoms. The van der Waals surface area contributed by atoms with Crippen molar-refractivity contribution in [3.63, 3.8) is 0 Å². The Balaban J connectivity index is 2.34. The molecule has 1 unspecified atom stereocenters. The van der Waals surface area contributed by atoms with Crippen LogP contribution in [0.15, 0.2) is 55.3 Å². The Kier molecular flexibility index (Phi) is 7.43. The van der Waals surface area contributed by atoms with Crippen molar-refractivity contribution >= 4 is 18.3 Å². The van der Waals surface area contributed by atoms with Crippen LogP contribution in [0.25, 0.3) is 11.1 Å². The summed E-state index contributed by atoms with van der Waals surface area (Å²) in [7, 11) is 0. The van der Waals surface area contributed by atoms with Crippen molar-refractivity contribution in [1.82, 2.24) is 4.98 Å². The standard InChI is InChI=1S/C24H34N2S/c1-7-8-11-24(6,18(4)5)23-13-20(15-26-23)19-9-10-22(21(12-19)16-27)25-14-17(2)3/h7-13,15,17-18,25-27H,1,14,16H2,2-6H3/b11-8-. The maximum atomic E-state index is 4.53. The van der Waals surface area contributed by atoms with Crippen LogP contribution in [0.3, 0.4) is 0 Å². The van der Waals surface area contributed by atoms with Gasteiger partial charge in [-0.2, -0.15) is 12.6 Å². The van der Waals surface area contributed by atoms with E-state index in [2.05, 4.69) is 101 Å². The molecule has 0 aliphatic carbocycles. The van der Waals surface area contributed by atoms with Crippen molar-refractivity contribution in [3.8, 4) is 11.1 Å². The lowest BCUT2D eigenvalue weighted by Crippen LogP contribution is -2.26. The first-order chi connectivity index (χ1) is 12.8. The van der Waals surface area contributed by atoms with Crippen LogP contribution < -0.4 is 5.32 Å². The molecule has 3 heteroatoms. The van der Waals surface area contributed by atoms with Crippen molar-refractivity contribution < 1.29 is 0 Å². The van der Waals surface area contributed by atoms with Crippen molar-refractivity contribution in [2.75, 3.05) is 11.9 Å². The van der Waals surface area contributed by atoms with Gasteiger partial charge in [0.2, 0.25) is 0 Å². The third-order valence-electron chi connectivity index (χ3n) is 5.35. The van der Waals surface area contributed by atoms with Gasteiger partial charge in [0, 0.05) is 35.3 Å². The number of aromatic nitrogens is 1. The number of hydrogen-bond donors (Lipinski definition) is 3. The highest BCUT2D eigenvalue weighted by atomic mass is 32.1. The summed E-state index contributed by atoms with van der Waals surface area (Å²) in [6.45, 7) is 16.0. The predicted octanol–water partition coefficient (Wildman–Crippen LogP) is 6.84. The lowest BCUT2D eigenvalue weighted by Gasteiger charge is -2.29. The van der Waals surface area contributed by atoms with E-state index in [9.17, 15) is 0 Å². The van der Waals surface area contributed by atoms with Gasteiger partial charge in [-0.25, -0.2) is 0 Å². The molecule has 27 heavy (non-hydrogen) atoms. The first-order valence-electron chi connectivity index (χ1n) is 9.79. The molecule has 1 heterocycles. The normalized spacial score (nSPS) is 14.1. The van der Waals surface area contributed by atoms with Crippen LogP contribution in [-0.2, 0) is 11.2 Å². The average molecular weight is 383 g/mol. The second kappa shape index (κ2) is 9.36. The lowest BCUT2D eigenvalue weighted by atomic mass is 9.76. The molecule has 2 aromatic rings. The van der Waals surface area contributed by atoms with E-state index >= 15 is 0 Å². The first-order valence-corrected chi connectivity index (χ1v) is 10.4. The topological polar surface area (TPSA) is 27.8 Å². The Bertz CT molecular complexity index is 785. The van der Waals surface area contributed by atoms with Gasteiger partial charge < -0.3 is 10.3 Å². The molecule has 0 radical (unpaired) electrons. The molecule has 0 amide bonds. The molecule has 0 aliphatic heterocycles. The van der Waals surface area contributed by atoms with Crippen LogP contribution in [0.5, 0.6) is 0 Å². The second-order valence-corrected chi connectivity index (χ2v) is 8.46. The molecule has 0 fully saturated rings. The van der Waals surface area contributed by atoms with Gasteiger partial charge in [-0.05, 0) is 46.7 Å². The quantitative estimate of drug-likeness (QED) is 0.322. The van der Waals surface area contributed by atoms with E-state index in [0.29, 0.717) is 11.8 Å². The molecular formula is C24H34N2S. The van der Waals surface area contributed by atoms with E-state index in [4.69, 9.17) is 0 Å². The Labute approximate surface area is 170 Å². The van der Waals surface area contributed by atoms with Crippen molar-refractivity contribution in [3.05, 3.63) is 66.5 Å². The van der Waals surface area contributed by atoms with Crippen molar-refractivity contribution in [1.29, 1.82) is 0 Å². The van der Waals surface area contributed by atoms with E-state index in [1.807, 2.05) is 12.2 Å². The monoisotopic (exact) mass is 382 g/mol. The largest absolute Gasteiger partial charge is 0.385 e. The summed E-state index contributed by atoms with van der Waals surface area (Å²) in [6.07, 6.45) is 8.22. The van der Waals surface area contributed by atoms with Gasteiger partial charge in [0.25, 0.3) is 0 Å². The molecule has 0 saturated heterocycles. The fourth-order valence-corrected chi connectivity index (χ4v) is 3.39. The van der Waals surface area contributed by atoms with Gasteiger partial charge in [0.05, 0.1) is 0 Å². The van der Waals surface area contributed by atoms with Gasteiger partial charge in [0.15, 0.2) is 0 Å². The molecule has 146 valence electrons. The van der Waals surface area contributed by atoms with Gasteiger partial charge >= 0.3 is 0 Å². The summed E-state index contributed by atoms with van der Waals surface area (Å²) in [6, 6.07) is 8.88. The Morgan fingerprint density at radius 3 is 2.52 bits per heavy atom. The zero-order valence-corrected chi connectivity index (χ0v) is 18.2. The van der Waals surface area contributed by atoms with Crippen LogP contribution in [0, 0.1) is 11.8 Å². The molecule has 0 bridgehead atoms. The van der Waals surface area contributed by atoms with Gasteiger partial charge in [-0.3, -0.25) is 0 Å². The number of thiol groups is 1. The minimum Gasteiger partial charge on any atom is -0.385 e. The number of H-pyrrole nitrogens is 1. The molecule has 1 aromatic carbocycles. The van der Waals surface area contributed by atoms with E-state index in [-0.39, 0.29) is 5.41 Å². The van der Waals surface area contributed by atoms with Gasteiger partial charge in [-0.1, -0.05) is 65.5 Å². The van der Waals surface area contributed by atoms with Crippen LogP contribution in [0.4, 0.5) is 5.69 Å². The van der Waals surface area contributed by atoms with Crippen LogP contribution in [0.2, 0.25) is 0 Å². The number of rotatable bonds is 9. The minimum atomic E-state index is -0.0580.